The summed E-state index contributed by atoms with van der Waals surface area (Å²) in [4.78, 5) is 22.5. The second-order valence-corrected chi connectivity index (χ2v) is 4.36. The maximum atomic E-state index is 11.7. The molecule has 0 aliphatic carbocycles. The van der Waals surface area contributed by atoms with Gasteiger partial charge in [0.2, 0.25) is 0 Å². The number of hydrogen-bond acceptors (Lipinski definition) is 4. The van der Waals surface area contributed by atoms with Crippen LogP contribution in [0.1, 0.15) is 15.9 Å². The Bertz CT molecular complexity index is 760. The summed E-state index contributed by atoms with van der Waals surface area (Å²) in [7, 11) is 0. The zero-order valence-corrected chi connectivity index (χ0v) is 10.4. The van der Waals surface area contributed by atoms with E-state index < -0.39 is 5.97 Å². The molecule has 0 saturated heterocycles. The Morgan fingerprint density at radius 2 is 2.00 bits per heavy atom. The summed E-state index contributed by atoms with van der Waals surface area (Å²) in [6.45, 7) is 0.595. The first-order valence-electron chi connectivity index (χ1n) is 6.03. The van der Waals surface area contributed by atoms with Crippen LogP contribution in [0.5, 0.6) is 0 Å². The van der Waals surface area contributed by atoms with E-state index in [0.717, 1.165) is 5.56 Å². The maximum absolute atomic E-state index is 11.7. The van der Waals surface area contributed by atoms with E-state index in [1.165, 1.54) is 12.1 Å². The molecule has 100 valence electrons. The average Bonchev–Trinajstić information content (AvgIpc) is 2.48. The summed E-state index contributed by atoms with van der Waals surface area (Å²) >= 11 is 0. The number of carbonyl (C=O) groups is 1. The molecule has 1 aliphatic heterocycles. The molecule has 1 aromatic carbocycles. The fraction of sp³-hybridized carbons (Fsp3) is 0.0714. The van der Waals surface area contributed by atoms with Gasteiger partial charge in [-0.25, -0.2) is 9.89 Å². The summed E-state index contributed by atoms with van der Waals surface area (Å²) in [5.74, 6) is -0.977. The number of carboxylic acids is 1. The molecule has 3 N–H and O–H groups in total. The molecule has 0 atom stereocenters. The van der Waals surface area contributed by atoms with E-state index in [0.29, 0.717) is 23.5 Å². The molecule has 0 radical (unpaired) electrons. The number of aromatic carboxylic acids is 1. The van der Waals surface area contributed by atoms with E-state index in [1.54, 1.807) is 12.1 Å². The zero-order valence-electron chi connectivity index (χ0n) is 10.4. The molecule has 2 heterocycles. The summed E-state index contributed by atoms with van der Waals surface area (Å²) in [6, 6.07) is 6.37. The minimum Gasteiger partial charge on any atom is -0.478 e. The molecule has 20 heavy (non-hydrogen) atoms. The van der Waals surface area contributed by atoms with E-state index in [4.69, 9.17) is 5.11 Å². The first kappa shape index (κ1) is 12.2. The van der Waals surface area contributed by atoms with Crippen LogP contribution in [0.3, 0.4) is 0 Å². The summed E-state index contributed by atoms with van der Waals surface area (Å²) in [6.07, 6.45) is 3.74. The fourth-order valence-corrected chi connectivity index (χ4v) is 2.13. The van der Waals surface area contributed by atoms with E-state index in [2.05, 4.69) is 15.5 Å². The number of fused-ring (bicyclic) bond motifs is 1. The van der Waals surface area contributed by atoms with Crippen molar-refractivity contribution < 1.29 is 9.90 Å². The highest BCUT2D eigenvalue weighted by Gasteiger charge is 2.15. The number of nitrogens with one attached hydrogen (secondary N) is 2. The molecule has 0 amide bonds. The number of aromatic nitrogens is 2. The van der Waals surface area contributed by atoms with Crippen LogP contribution in [0.2, 0.25) is 0 Å². The number of hydrogen-bond donors (Lipinski definition) is 3. The average molecular weight is 269 g/mol. The van der Waals surface area contributed by atoms with Gasteiger partial charge in [0.25, 0.3) is 5.56 Å². The highest BCUT2D eigenvalue weighted by atomic mass is 16.4. The minimum absolute atomic E-state index is 0.209. The van der Waals surface area contributed by atoms with Crippen molar-refractivity contribution in [1.29, 1.82) is 0 Å². The molecule has 0 saturated carbocycles. The minimum atomic E-state index is -0.977. The first-order chi connectivity index (χ1) is 9.66. The highest BCUT2D eigenvalue weighted by Crippen LogP contribution is 2.27. The highest BCUT2D eigenvalue weighted by molar-refractivity contribution is 5.89. The van der Waals surface area contributed by atoms with Gasteiger partial charge >= 0.3 is 5.97 Å². The summed E-state index contributed by atoms with van der Waals surface area (Å²) < 4.78 is 0. The van der Waals surface area contributed by atoms with Crippen LogP contribution < -0.4 is 10.9 Å². The number of aromatic amines is 1. The molecule has 0 fully saturated rings. The fourth-order valence-electron chi connectivity index (χ4n) is 2.13. The van der Waals surface area contributed by atoms with Gasteiger partial charge in [0.1, 0.15) is 11.4 Å². The van der Waals surface area contributed by atoms with Crippen molar-refractivity contribution in [3.8, 4) is 11.3 Å². The van der Waals surface area contributed by atoms with Crippen LogP contribution in [-0.2, 0) is 0 Å². The lowest BCUT2D eigenvalue weighted by Crippen LogP contribution is -2.20. The SMILES string of the molecule is O=C(O)c1ccc(-c2n[nH]c(=O)c3c2C=CCN3)cc1. The lowest BCUT2D eigenvalue weighted by molar-refractivity contribution is 0.0697. The third kappa shape index (κ3) is 1.97. The van der Waals surface area contributed by atoms with Crippen molar-refractivity contribution in [2.24, 2.45) is 0 Å². The molecule has 1 aliphatic rings. The smallest absolute Gasteiger partial charge is 0.335 e. The Balaban J connectivity index is 2.14. The van der Waals surface area contributed by atoms with Gasteiger partial charge in [0.05, 0.1) is 5.56 Å². The third-order valence-electron chi connectivity index (χ3n) is 3.11. The standard InChI is InChI=1S/C14H11N3O3/c18-13-12-10(2-1-7-15-12)11(16-17-13)8-3-5-9(6-4-8)14(19)20/h1-6,15H,7H2,(H,17,18)(H,19,20). The lowest BCUT2D eigenvalue weighted by Gasteiger charge is -2.14. The topological polar surface area (TPSA) is 95.1 Å². The Morgan fingerprint density at radius 3 is 2.70 bits per heavy atom. The molecule has 0 bridgehead atoms. The number of carboxylic acid groups (broad SMARTS) is 1. The molecule has 6 nitrogen and oxygen atoms in total. The molecule has 2 aromatic rings. The predicted octanol–water partition coefficient (Wildman–Crippen LogP) is 1.57. The van der Waals surface area contributed by atoms with Gasteiger partial charge in [-0.3, -0.25) is 4.79 Å². The zero-order chi connectivity index (χ0) is 14.1. The van der Waals surface area contributed by atoms with Gasteiger partial charge < -0.3 is 10.4 Å². The van der Waals surface area contributed by atoms with Gasteiger partial charge in [-0.05, 0) is 12.1 Å². The second kappa shape index (κ2) is 4.65. The van der Waals surface area contributed by atoms with Crippen LogP contribution in [0.25, 0.3) is 17.3 Å². The van der Waals surface area contributed by atoms with E-state index >= 15 is 0 Å². The maximum Gasteiger partial charge on any atom is 0.335 e. The molecule has 1 aromatic heterocycles. The van der Waals surface area contributed by atoms with E-state index in [9.17, 15) is 9.59 Å². The summed E-state index contributed by atoms with van der Waals surface area (Å²) in [5.41, 5.74) is 2.50. The van der Waals surface area contributed by atoms with Crippen molar-refractivity contribution in [3.05, 3.63) is 51.8 Å². The number of anilines is 1. The molecule has 0 spiro atoms. The van der Waals surface area contributed by atoms with Crippen molar-refractivity contribution in [3.63, 3.8) is 0 Å². The molecule has 0 unspecified atom stereocenters. The third-order valence-corrected chi connectivity index (χ3v) is 3.11. The number of rotatable bonds is 2. The van der Waals surface area contributed by atoms with Crippen LogP contribution in [-0.4, -0.2) is 27.8 Å². The van der Waals surface area contributed by atoms with Crippen LogP contribution >= 0.6 is 0 Å². The lowest BCUT2D eigenvalue weighted by atomic mass is 10.0. The van der Waals surface area contributed by atoms with Crippen LogP contribution in [0.4, 0.5) is 5.69 Å². The van der Waals surface area contributed by atoms with Gasteiger partial charge in [-0.15, -0.1) is 0 Å². The van der Waals surface area contributed by atoms with Crippen molar-refractivity contribution >= 4 is 17.7 Å². The van der Waals surface area contributed by atoms with E-state index in [-0.39, 0.29) is 11.1 Å². The second-order valence-electron chi connectivity index (χ2n) is 4.36. The van der Waals surface area contributed by atoms with Gasteiger partial charge in [-0.1, -0.05) is 24.3 Å². The molecular formula is C14H11N3O3. The first-order valence-corrected chi connectivity index (χ1v) is 6.03. The molecule has 6 heteroatoms. The number of nitrogens with zero attached hydrogens (tertiary/aromatic N) is 1. The summed E-state index contributed by atoms with van der Waals surface area (Å²) in [5, 5.41) is 18.4. The number of benzene rings is 1. The molecule has 3 rings (SSSR count). The molecular weight excluding hydrogens is 258 g/mol. The monoisotopic (exact) mass is 269 g/mol. The van der Waals surface area contributed by atoms with Crippen LogP contribution in [0, 0.1) is 0 Å². The Kier molecular flexibility index (Phi) is 2.83. The van der Waals surface area contributed by atoms with Crippen molar-refractivity contribution in [1.82, 2.24) is 10.2 Å². The Labute approximate surface area is 113 Å². The van der Waals surface area contributed by atoms with Gasteiger partial charge in [0, 0.05) is 17.7 Å². The number of H-pyrrole nitrogens is 1. The Hall–Kier alpha value is -2.89. The van der Waals surface area contributed by atoms with Crippen LogP contribution in [0.15, 0.2) is 35.1 Å². The Morgan fingerprint density at radius 1 is 1.25 bits per heavy atom. The quantitative estimate of drug-likeness (QED) is 0.769. The normalized spacial score (nSPS) is 12.6. The van der Waals surface area contributed by atoms with E-state index in [1.807, 2.05) is 12.2 Å². The van der Waals surface area contributed by atoms with Crippen molar-refractivity contribution in [2.75, 3.05) is 11.9 Å². The van der Waals surface area contributed by atoms with Crippen molar-refractivity contribution in [2.45, 2.75) is 0 Å². The van der Waals surface area contributed by atoms with Gasteiger partial charge in [0.15, 0.2) is 0 Å². The largest absolute Gasteiger partial charge is 0.478 e. The van der Waals surface area contributed by atoms with Gasteiger partial charge in [-0.2, -0.15) is 5.10 Å². The predicted molar refractivity (Wildman–Crippen MR) is 74.8 cm³/mol.